The van der Waals surface area contributed by atoms with Crippen LogP contribution in [0.25, 0.3) is 0 Å². The summed E-state index contributed by atoms with van der Waals surface area (Å²) in [6.45, 7) is 3.72. The highest BCUT2D eigenvalue weighted by atomic mass is 32.2. The molecule has 0 aliphatic rings. The predicted octanol–water partition coefficient (Wildman–Crippen LogP) is 0.724. The van der Waals surface area contributed by atoms with E-state index < -0.39 is 10.0 Å². The van der Waals surface area contributed by atoms with Gasteiger partial charge in [-0.25, -0.2) is 8.42 Å². The molecule has 1 rings (SSSR count). The minimum absolute atomic E-state index is 0.0502. The number of likely N-dealkylation sites (N-methyl/N-ethyl adjacent to an activating group) is 2. The Morgan fingerprint density at radius 1 is 1.33 bits per heavy atom. The second kappa shape index (κ2) is 7.53. The van der Waals surface area contributed by atoms with Crippen molar-refractivity contribution in [1.82, 2.24) is 14.9 Å². The number of benzene rings is 1. The maximum atomic E-state index is 12.6. The fourth-order valence-electron chi connectivity index (χ4n) is 1.87. The van der Waals surface area contributed by atoms with Crippen molar-refractivity contribution in [2.75, 3.05) is 27.2 Å². The van der Waals surface area contributed by atoms with Gasteiger partial charge in [0, 0.05) is 19.6 Å². The van der Waals surface area contributed by atoms with E-state index in [2.05, 4.69) is 10.6 Å². The molecule has 0 saturated heterocycles. The van der Waals surface area contributed by atoms with Crippen molar-refractivity contribution in [1.29, 1.82) is 0 Å². The van der Waals surface area contributed by atoms with Gasteiger partial charge in [-0.1, -0.05) is 19.1 Å². The summed E-state index contributed by atoms with van der Waals surface area (Å²) >= 11 is 0. The van der Waals surface area contributed by atoms with Gasteiger partial charge in [0.25, 0.3) is 0 Å². The molecule has 6 nitrogen and oxygen atoms in total. The Morgan fingerprint density at radius 3 is 2.52 bits per heavy atom. The third kappa shape index (κ3) is 4.26. The Morgan fingerprint density at radius 2 is 2.00 bits per heavy atom. The van der Waals surface area contributed by atoms with E-state index in [-0.39, 0.29) is 29.9 Å². The SMILES string of the molecule is CCN(CC(=O)NC)S(=O)(=O)c1cccc(C(C)NC)c1. The maximum Gasteiger partial charge on any atom is 0.243 e. The summed E-state index contributed by atoms with van der Waals surface area (Å²) in [6, 6.07) is 6.82. The van der Waals surface area contributed by atoms with Gasteiger partial charge in [0.05, 0.1) is 11.4 Å². The molecule has 7 heteroatoms. The molecular formula is C14H23N3O3S. The number of carbonyl (C=O) groups excluding carboxylic acids is 1. The first-order valence-electron chi connectivity index (χ1n) is 6.84. The number of hydrogen-bond acceptors (Lipinski definition) is 4. The van der Waals surface area contributed by atoms with Crippen molar-refractivity contribution in [2.45, 2.75) is 24.8 Å². The Labute approximate surface area is 126 Å². The largest absolute Gasteiger partial charge is 0.358 e. The quantitative estimate of drug-likeness (QED) is 0.777. The molecule has 0 aliphatic carbocycles. The summed E-state index contributed by atoms with van der Waals surface area (Å²) in [7, 11) is -0.376. The monoisotopic (exact) mass is 313 g/mol. The van der Waals surface area contributed by atoms with Crippen LogP contribution in [-0.2, 0) is 14.8 Å². The highest BCUT2D eigenvalue weighted by Gasteiger charge is 2.25. The first-order chi connectivity index (χ1) is 9.86. The highest BCUT2D eigenvalue weighted by Crippen LogP contribution is 2.20. The molecule has 0 fully saturated rings. The molecule has 0 heterocycles. The molecule has 0 radical (unpaired) electrons. The van der Waals surface area contributed by atoms with Crippen molar-refractivity contribution in [2.24, 2.45) is 0 Å². The fraction of sp³-hybridized carbons (Fsp3) is 0.500. The second-order valence-electron chi connectivity index (χ2n) is 4.69. The van der Waals surface area contributed by atoms with Crippen LogP contribution in [0.2, 0.25) is 0 Å². The smallest absolute Gasteiger partial charge is 0.243 e. The number of amides is 1. The Hall–Kier alpha value is -1.44. The van der Waals surface area contributed by atoms with Crippen LogP contribution in [0.15, 0.2) is 29.2 Å². The highest BCUT2D eigenvalue weighted by molar-refractivity contribution is 7.89. The van der Waals surface area contributed by atoms with Gasteiger partial charge in [0.2, 0.25) is 15.9 Å². The number of rotatable bonds is 7. The minimum atomic E-state index is -3.68. The summed E-state index contributed by atoms with van der Waals surface area (Å²) in [5.41, 5.74) is 0.884. The van der Waals surface area contributed by atoms with Crippen LogP contribution in [0.4, 0.5) is 0 Å². The summed E-state index contributed by atoms with van der Waals surface area (Å²) < 4.78 is 26.4. The van der Waals surface area contributed by atoms with Gasteiger partial charge in [-0.2, -0.15) is 4.31 Å². The van der Waals surface area contributed by atoms with Crippen LogP contribution in [0.5, 0.6) is 0 Å². The molecule has 0 spiro atoms. The number of hydrogen-bond donors (Lipinski definition) is 2. The maximum absolute atomic E-state index is 12.6. The number of sulfonamides is 1. The molecule has 0 aromatic heterocycles. The van der Waals surface area contributed by atoms with Gasteiger partial charge >= 0.3 is 0 Å². The van der Waals surface area contributed by atoms with Crippen molar-refractivity contribution in [3.05, 3.63) is 29.8 Å². The third-order valence-corrected chi connectivity index (χ3v) is 5.30. The second-order valence-corrected chi connectivity index (χ2v) is 6.63. The van der Waals surface area contributed by atoms with Gasteiger partial charge < -0.3 is 10.6 Å². The molecule has 1 aromatic rings. The van der Waals surface area contributed by atoms with Gasteiger partial charge in [-0.15, -0.1) is 0 Å². The van der Waals surface area contributed by atoms with Crippen LogP contribution in [0.1, 0.15) is 25.5 Å². The average molecular weight is 313 g/mol. The zero-order valence-electron chi connectivity index (χ0n) is 12.9. The van der Waals surface area contributed by atoms with Gasteiger partial charge in [0.1, 0.15) is 0 Å². The zero-order chi connectivity index (χ0) is 16.0. The Balaban J connectivity index is 3.14. The van der Waals surface area contributed by atoms with Crippen LogP contribution in [0, 0.1) is 0 Å². The van der Waals surface area contributed by atoms with E-state index in [1.54, 1.807) is 25.1 Å². The lowest BCUT2D eigenvalue weighted by molar-refractivity contribution is -0.120. The van der Waals surface area contributed by atoms with Crippen LogP contribution in [-0.4, -0.2) is 45.8 Å². The normalized spacial score (nSPS) is 13.2. The van der Waals surface area contributed by atoms with Gasteiger partial charge in [0.15, 0.2) is 0 Å². The molecule has 0 aliphatic heterocycles. The minimum Gasteiger partial charge on any atom is -0.358 e. The molecule has 1 atom stereocenters. The lowest BCUT2D eigenvalue weighted by Gasteiger charge is -2.20. The summed E-state index contributed by atoms with van der Waals surface area (Å²) in [5, 5.41) is 5.51. The molecule has 1 aromatic carbocycles. The van der Waals surface area contributed by atoms with Crippen LogP contribution < -0.4 is 10.6 Å². The van der Waals surface area contributed by atoms with Crippen molar-refractivity contribution >= 4 is 15.9 Å². The van der Waals surface area contributed by atoms with E-state index in [0.717, 1.165) is 9.87 Å². The predicted molar refractivity (Wildman–Crippen MR) is 82.4 cm³/mol. The molecule has 1 amide bonds. The summed E-state index contributed by atoms with van der Waals surface area (Å²) in [6.07, 6.45) is 0. The van der Waals surface area contributed by atoms with Crippen molar-refractivity contribution in [3.8, 4) is 0 Å². The van der Waals surface area contributed by atoms with E-state index in [9.17, 15) is 13.2 Å². The van der Waals surface area contributed by atoms with Crippen molar-refractivity contribution < 1.29 is 13.2 Å². The Bertz CT molecular complexity index is 587. The van der Waals surface area contributed by atoms with E-state index in [1.165, 1.54) is 7.05 Å². The average Bonchev–Trinajstić information content (AvgIpc) is 2.51. The Kier molecular flexibility index (Phi) is 6.32. The molecule has 2 N–H and O–H groups in total. The standard InChI is InChI=1S/C14H23N3O3S/c1-5-17(10-14(18)16-4)21(19,20)13-8-6-7-12(9-13)11(2)15-3/h6-9,11,15H,5,10H2,1-4H3,(H,16,18). The van der Waals surface area contributed by atoms with E-state index in [1.807, 2.05) is 20.0 Å². The number of nitrogens with zero attached hydrogens (tertiary/aromatic N) is 1. The lowest BCUT2D eigenvalue weighted by Crippen LogP contribution is -2.39. The number of nitrogens with one attached hydrogen (secondary N) is 2. The topological polar surface area (TPSA) is 78.5 Å². The summed E-state index contributed by atoms with van der Waals surface area (Å²) in [4.78, 5) is 11.7. The first-order valence-corrected chi connectivity index (χ1v) is 8.28. The van der Waals surface area contributed by atoms with Crippen LogP contribution >= 0.6 is 0 Å². The molecule has 118 valence electrons. The van der Waals surface area contributed by atoms with Crippen LogP contribution in [0.3, 0.4) is 0 Å². The zero-order valence-corrected chi connectivity index (χ0v) is 13.7. The molecule has 0 bridgehead atoms. The molecule has 21 heavy (non-hydrogen) atoms. The van der Waals surface area contributed by atoms with E-state index in [4.69, 9.17) is 0 Å². The van der Waals surface area contributed by atoms with Gasteiger partial charge in [-0.3, -0.25) is 4.79 Å². The third-order valence-electron chi connectivity index (χ3n) is 3.38. The van der Waals surface area contributed by atoms with Gasteiger partial charge in [-0.05, 0) is 31.7 Å². The first kappa shape index (κ1) is 17.6. The van der Waals surface area contributed by atoms with E-state index >= 15 is 0 Å². The molecule has 0 saturated carbocycles. The summed E-state index contributed by atoms with van der Waals surface area (Å²) in [5.74, 6) is -0.333. The molecule has 1 unspecified atom stereocenters. The molecular weight excluding hydrogens is 290 g/mol. The van der Waals surface area contributed by atoms with Crippen molar-refractivity contribution in [3.63, 3.8) is 0 Å². The van der Waals surface area contributed by atoms with E-state index in [0.29, 0.717) is 0 Å². The lowest BCUT2D eigenvalue weighted by atomic mass is 10.1. The number of carbonyl (C=O) groups is 1. The fourth-order valence-corrected chi connectivity index (χ4v) is 3.33.